The van der Waals surface area contributed by atoms with E-state index in [4.69, 9.17) is 14.7 Å². The van der Waals surface area contributed by atoms with Crippen molar-refractivity contribution in [3.05, 3.63) is 47.3 Å². The van der Waals surface area contributed by atoms with Crippen LogP contribution in [0.4, 0.5) is 16.0 Å². The average molecular weight is 463 g/mol. The summed E-state index contributed by atoms with van der Waals surface area (Å²) in [7, 11) is 1.80. The van der Waals surface area contributed by atoms with Crippen LogP contribution in [-0.2, 0) is 4.74 Å². The first-order valence-corrected chi connectivity index (χ1v) is 12.1. The lowest BCUT2D eigenvalue weighted by Crippen LogP contribution is -2.30. The van der Waals surface area contributed by atoms with E-state index in [0.29, 0.717) is 29.0 Å². The molecule has 8 heteroatoms. The van der Waals surface area contributed by atoms with Crippen LogP contribution in [-0.4, -0.2) is 52.3 Å². The first-order chi connectivity index (χ1) is 16.6. The fraction of sp³-hybridized carbons (Fsp3) is 0.462. The highest BCUT2D eigenvalue weighted by atomic mass is 19.1. The monoisotopic (exact) mass is 462 g/mol. The summed E-state index contributed by atoms with van der Waals surface area (Å²) in [6.45, 7) is 3.91. The summed E-state index contributed by atoms with van der Waals surface area (Å²) in [5.74, 6) is 2.14. The minimum atomic E-state index is -0.313. The van der Waals surface area contributed by atoms with E-state index in [1.54, 1.807) is 13.2 Å². The Hall–Kier alpha value is -3.13. The average Bonchev–Trinajstić information content (AvgIpc) is 3.38. The highest BCUT2D eigenvalue weighted by Gasteiger charge is 2.22. The highest BCUT2D eigenvalue weighted by molar-refractivity contribution is 5.77. The zero-order chi connectivity index (χ0) is 23.5. The zero-order valence-corrected chi connectivity index (χ0v) is 19.8. The molecule has 1 aliphatic carbocycles. The van der Waals surface area contributed by atoms with Crippen molar-refractivity contribution in [1.29, 1.82) is 0 Å². The van der Waals surface area contributed by atoms with Crippen molar-refractivity contribution in [2.24, 2.45) is 0 Å². The van der Waals surface area contributed by atoms with Gasteiger partial charge in [0.1, 0.15) is 17.5 Å². The van der Waals surface area contributed by atoms with Gasteiger partial charge in [-0.15, -0.1) is 0 Å². The SMILES string of the molecule is COC1CCC(Nc2cc(N3CCCC3)nc(/C=C/c3nc4ccc(F)cc4nc3C)n2)CC1. The Morgan fingerprint density at radius 2 is 1.76 bits per heavy atom. The van der Waals surface area contributed by atoms with Crippen molar-refractivity contribution in [2.75, 3.05) is 30.4 Å². The van der Waals surface area contributed by atoms with Gasteiger partial charge >= 0.3 is 0 Å². The van der Waals surface area contributed by atoms with Crippen LogP contribution >= 0.6 is 0 Å². The molecule has 1 N–H and O–H groups in total. The number of aromatic nitrogens is 4. The van der Waals surface area contributed by atoms with Gasteiger partial charge in [0.15, 0.2) is 5.82 Å². The van der Waals surface area contributed by atoms with Gasteiger partial charge in [-0.25, -0.2) is 24.3 Å². The number of benzene rings is 1. The molecule has 34 heavy (non-hydrogen) atoms. The van der Waals surface area contributed by atoms with Crippen LogP contribution in [0.1, 0.15) is 55.7 Å². The molecule has 2 aromatic heterocycles. The lowest BCUT2D eigenvalue weighted by molar-refractivity contribution is 0.0681. The van der Waals surface area contributed by atoms with Gasteiger partial charge in [-0.3, -0.25) is 0 Å². The Balaban J connectivity index is 1.41. The number of hydrogen-bond acceptors (Lipinski definition) is 7. The van der Waals surface area contributed by atoms with Crippen LogP contribution in [0.25, 0.3) is 23.2 Å². The maximum absolute atomic E-state index is 13.5. The normalized spacial score (nSPS) is 21.0. The van der Waals surface area contributed by atoms with Crippen LogP contribution in [0.15, 0.2) is 24.3 Å². The Bertz CT molecular complexity index is 1190. The number of rotatable bonds is 6. The van der Waals surface area contributed by atoms with Crippen LogP contribution in [0, 0.1) is 12.7 Å². The Kier molecular flexibility index (Phi) is 6.67. The highest BCUT2D eigenvalue weighted by Crippen LogP contribution is 2.26. The fourth-order valence-electron chi connectivity index (χ4n) is 4.80. The van der Waals surface area contributed by atoms with Crippen LogP contribution in [0.5, 0.6) is 0 Å². The standard InChI is InChI=1S/C26H31FN6O/c1-17-21(30-22-10-5-18(27)15-23(22)28-17)11-12-24-31-25(16-26(32-24)33-13-3-4-14-33)29-19-6-8-20(34-2)9-7-19/h5,10-12,15-16,19-20H,3-4,6-9,13-14H2,1-2H3,(H,29,31,32)/b12-11+. The maximum Gasteiger partial charge on any atom is 0.156 e. The minimum Gasteiger partial charge on any atom is -0.381 e. The van der Waals surface area contributed by atoms with E-state index in [2.05, 4.69) is 26.3 Å². The molecule has 2 aliphatic rings. The molecule has 0 radical (unpaired) electrons. The second kappa shape index (κ2) is 10.0. The summed E-state index contributed by atoms with van der Waals surface area (Å²) in [5.41, 5.74) is 2.67. The van der Waals surface area contributed by atoms with Gasteiger partial charge in [0, 0.05) is 38.4 Å². The van der Waals surface area contributed by atoms with Gasteiger partial charge < -0.3 is 15.0 Å². The summed E-state index contributed by atoms with van der Waals surface area (Å²) < 4.78 is 19.0. The molecule has 0 bridgehead atoms. The largest absolute Gasteiger partial charge is 0.381 e. The molecule has 1 saturated carbocycles. The van der Waals surface area contributed by atoms with Crippen molar-refractivity contribution < 1.29 is 9.13 Å². The predicted molar refractivity (Wildman–Crippen MR) is 133 cm³/mol. The number of nitrogens with one attached hydrogen (secondary N) is 1. The van der Waals surface area contributed by atoms with Crippen LogP contribution in [0.3, 0.4) is 0 Å². The van der Waals surface area contributed by atoms with Gasteiger partial charge in [-0.2, -0.15) is 0 Å². The third-order valence-electron chi connectivity index (χ3n) is 6.75. The molecule has 1 aromatic carbocycles. The van der Waals surface area contributed by atoms with Gasteiger partial charge in [0.25, 0.3) is 0 Å². The predicted octanol–water partition coefficient (Wildman–Crippen LogP) is 5.01. The van der Waals surface area contributed by atoms with Crippen molar-refractivity contribution in [1.82, 2.24) is 19.9 Å². The van der Waals surface area contributed by atoms with Crippen molar-refractivity contribution >= 4 is 34.8 Å². The molecule has 7 nitrogen and oxygen atoms in total. The molecule has 0 amide bonds. The van der Waals surface area contributed by atoms with E-state index in [-0.39, 0.29) is 5.82 Å². The van der Waals surface area contributed by atoms with E-state index in [0.717, 1.165) is 61.8 Å². The maximum atomic E-state index is 13.5. The Morgan fingerprint density at radius 1 is 0.971 bits per heavy atom. The van der Waals surface area contributed by atoms with Gasteiger partial charge in [0.05, 0.1) is 28.5 Å². The molecule has 3 aromatic rings. The van der Waals surface area contributed by atoms with E-state index < -0.39 is 0 Å². The molecule has 1 saturated heterocycles. The first-order valence-electron chi connectivity index (χ1n) is 12.1. The summed E-state index contributed by atoms with van der Waals surface area (Å²) in [4.78, 5) is 21.1. The Morgan fingerprint density at radius 3 is 2.53 bits per heavy atom. The van der Waals surface area contributed by atoms with Gasteiger partial charge in [-0.1, -0.05) is 0 Å². The fourth-order valence-corrected chi connectivity index (χ4v) is 4.80. The quantitative estimate of drug-likeness (QED) is 0.552. The Labute approximate surface area is 199 Å². The molecule has 178 valence electrons. The van der Waals surface area contributed by atoms with E-state index >= 15 is 0 Å². The number of hydrogen-bond donors (Lipinski definition) is 1. The van der Waals surface area contributed by atoms with Gasteiger partial charge in [-0.05, 0) is 69.7 Å². The number of aryl methyl sites for hydroxylation is 1. The van der Waals surface area contributed by atoms with Gasteiger partial charge in [0.2, 0.25) is 0 Å². The zero-order valence-electron chi connectivity index (χ0n) is 19.8. The topological polar surface area (TPSA) is 76.1 Å². The molecule has 0 unspecified atom stereocenters. The lowest BCUT2D eigenvalue weighted by Gasteiger charge is -2.29. The summed E-state index contributed by atoms with van der Waals surface area (Å²) in [6, 6.07) is 6.92. The number of anilines is 2. The summed E-state index contributed by atoms with van der Waals surface area (Å²) in [5, 5.41) is 3.64. The van der Waals surface area contributed by atoms with E-state index in [9.17, 15) is 4.39 Å². The number of ether oxygens (including phenoxy) is 1. The molecular weight excluding hydrogens is 431 g/mol. The molecule has 2 fully saturated rings. The third-order valence-corrected chi connectivity index (χ3v) is 6.75. The van der Waals surface area contributed by atoms with Crippen molar-refractivity contribution in [2.45, 2.75) is 57.6 Å². The smallest absolute Gasteiger partial charge is 0.156 e. The number of methoxy groups -OCH3 is 1. The summed E-state index contributed by atoms with van der Waals surface area (Å²) >= 11 is 0. The third kappa shape index (κ3) is 5.17. The van der Waals surface area contributed by atoms with Crippen molar-refractivity contribution in [3.63, 3.8) is 0 Å². The van der Waals surface area contributed by atoms with E-state index in [1.165, 1.54) is 25.0 Å². The molecule has 5 rings (SSSR count). The second-order valence-electron chi connectivity index (χ2n) is 9.18. The van der Waals surface area contributed by atoms with Crippen LogP contribution in [0.2, 0.25) is 0 Å². The molecule has 3 heterocycles. The lowest BCUT2D eigenvalue weighted by atomic mass is 9.93. The van der Waals surface area contributed by atoms with Crippen LogP contribution < -0.4 is 10.2 Å². The van der Waals surface area contributed by atoms with E-state index in [1.807, 2.05) is 19.1 Å². The summed E-state index contributed by atoms with van der Waals surface area (Å²) in [6.07, 6.45) is 10.8. The second-order valence-corrected chi connectivity index (χ2v) is 9.18. The molecule has 0 spiro atoms. The molecule has 1 aliphatic heterocycles. The number of nitrogens with zero attached hydrogens (tertiary/aromatic N) is 5. The number of fused-ring (bicyclic) bond motifs is 1. The number of halogens is 1. The minimum absolute atomic E-state index is 0.313. The van der Waals surface area contributed by atoms with Crippen molar-refractivity contribution in [3.8, 4) is 0 Å². The molecule has 0 atom stereocenters. The molecular formula is C26H31FN6O. The first kappa shape index (κ1) is 22.7.